The quantitative estimate of drug-likeness (QED) is 0.491. The first-order valence-corrected chi connectivity index (χ1v) is 9.81. The zero-order valence-electron chi connectivity index (χ0n) is 16.2. The molecule has 1 N–H and O–H groups in total. The minimum Gasteiger partial charge on any atom is -0.347 e. The number of benzene rings is 2. The first-order chi connectivity index (χ1) is 14.7. The van der Waals surface area contributed by atoms with Gasteiger partial charge in [0.1, 0.15) is 6.33 Å². The minimum absolute atomic E-state index is 0.222. The Morgan fingerprint density at radius 1 is 1.10 bits per heavy atom. The van der Waals surface area contributed by atoms with Crippen molar-refractivity contribution in [2.24, 2.45) is 0 Å². The van der Waals surface area contributed by atoms with Crippen LogP contribution in [-0.2, 0) is 11.3 Å². The molecule has 1 unspecified atom stereocenters. The lowest BCUT2D eigenvalue weighted by Crippen LogP contribution is -2.33. The lowest BCUT2D eigenvalue weighted by molar-refractivity contribution is -0.125. The van der Waals surface area contributed by atoms with E-state index in [0.29, 0.717) is 23.1 Å². The van der Waals surface area contributed by atoms with Crippen molar-refractivity contribution in [3.8, 4) is 17.1 Å². The lowest BCUT2D eigenvalue weighted by Gasteiger charge is -2.13. The molecule has 0 bridgehead atoms. The Kier molecular flexibility index (Phi) is 5.80. The molecule has 4 aromatic rings. The Balaban J connectivity index is 1.46. The summed E-state index contributed by atoms with van der Waals surface area (Å²) in [6, 6.07) is 16.2. The maximum atomic E-state index is 12.8. The van der Waals surface area contributed by atoms with Gasteiger partial charge in [0.05, 0.1) is 6.54 Å². The molecule has 0 aliphatic carbocycles. The number of amides is 1. The van der Waals surface area contributed by atoms with Crippen LogP contribution in [0.1, 0.15) is 25.2 Å². The van der Waals surface area contributed by atoms with Crippen LogP contribution in [0.25, 0.3) is 17.1 Å². The molecule has 0 saturated heterocycles. The number of aromatic nitrogens is 7. The van der Waals surface area contributed by atoms with Crippen LogP contribution in [0, 0.1) is 0 Å². The van der Waals surface area contributed by atoms with Crippen LogP contribution >= 0.6 is 11.6 Å². The second kappa shape index (κ2) is 8.83. The first kappa shape index (κ1) is 19.7. The summed E-state index contributed by atoms with van der Waals surface area (Å²) >= 11 is 5.92. The number of tetrazole rings is 1. The van der Waals surface area contributed by atoms with Crippen molar-refractivity contribution in [2.45, 2.75) is 25.9 Å². The fraction of sp³-hybridized carbons (Fsp3) is 0.200. The van der Waals surface area contributed by atoms with E-state index in [1.54, 1.807) is 30.6 Å². The van der Waals surface area contributed by atoms with Gasteiger partial charge in [0.2, 0.25) is 11.7 Å². The molecule has 0 radical (unpaired) electrons. The van der Waals surface area contributed by atoms with Gasteiger partial charge in [-0.25, -0.2) is 0 Å². The minimum atomic E-state index is -0.591. The Bertz CT molecular complexity index is 1120. The summed E-state index contributed by atoms with van der Waals surface area (Å²) in [5.41, 5.74) is 1.70. The molecule has 0 spiro atoms. The number of nitrogens with zero attached hydrogens (tertiary/aromatic N) is 7. The SMILES string of the molecule is CCC(C(=O)NCc1nncn1-c1ccccc1)n1nnc(-c2ccc(Cl)cc2)n1. The number of hydrogen-bond acceptors (Lipinski definition) is 6. The molecule has 2 heterocycles. The van der Waals surface area contributed by atoms with Crippen molar-refractivity contribution in [2.75, 3.05) is 0 Å². The van der Waals surface area contributed by atoms with Gasteiger partial charge in [-0.2, -0.15) is 4.80 Å². The lowest BCUT2D eigenvalue weighted by atomic mass is 10.2. The van der Waals surface area contributed by atoms with Gasteiger partial charge in [0, 0.05) is 16.3 Å². The standard InChI is InChI=1S/C20H19ClN8O/c1-2-17(29-26-19(25-27-29)14-8-10-15(21)11-9-14)20(30)22-12-18-24-23-13-28(18)16-6-4-3-5-7-16/h3-11,13,17H,2,12H2,1H3,(H,22,30). The van der Waals surface area contributed by atoms with E-state index in [0.717, 1.165) is 11.3 Å². The van der Waals surface area contributed by atoms with E-state index in [1.165, 1.54) is 4.80 Å². The third kappa shape index (κ3) is 4.20. The monoisotopic (exact) mass is 422 g/mol. The summed E-state index contributed by atoms with van der Waals surface area (Å²) in [4.78, 5) is 14.1. The number of carbonyl (C=O) groups excluding carboxylic acids is 1. The summed E-state index contributed by atoms with van der Waals surface area (Å²) < 4.78 is 1.83. The predicted molar refractivity (Wildman–Crippen MR) is 111 cm³/mol. The molecule has 152 valence electrons. The molecule has 9 nitrogen and oxygen atoms in total. The van der Waals surface area contributed by atoms with Gasteiger partial charge in [-0.3, -0.25) is 9.36 Å². The zero-order valence-corrected chi connectivity index (χ0v) is 16.9. The molecule has 2 aromatic heterocycles. The fourth-order valence-electron chi connectivity index (χ4n) is 2.99. The molecule has 1 atom stereocenters. The van der Waals surface area contributed by atoms with Crippen molar-refractivity contribution in [3.63, 3.8) is 0 Å². The van der Waals surface area contributed by atoms with Gasteiger partial charge >= 0.3 is 0 Å². The predicted octanol–water partition coefficient (Wildman–Crippen LogP) is 2.84. The van der Waals surface area contributed by atoms with Crippen LogP contribution in [0.3, 0.4) is 0 Å². The molecule has 0 saturated carbocycles. The van der Waals surface area contributed by atoms with E-state index in [-0.39, 0.29) is 12.5 Å². The third-order valence-electron chi connectivity index (χ3n) is 4.57. The highest BCUT2D eigenvalue weighted by atomic mass is 35.5. The third-order valence-corrected chi connectivity index (χ3v) is 4.82. The largest absolute Gasteiger partial charge is 0.347 e. The van der Waals surface area contributed by atoms with Crippen LogP contribution < -0.4 is 5.32 Å². The molecular weight excluding hydrogens is 404 g/mol. The number of rotatable bonds is 7. The number of nitrogens with one attached hydrogen (secondary N) is 1. The Morgan fingerprint density at radius 2 is 1.87 bits per heavy atom. The van der Waals surface area contributed by atoms with Crippen LogP contribution in [0.2, 0.25) is 5.02 Å². The van der Waals surface area contributed by atoms with Crippen LogP contribution in [0.4, 0.5) is 0 Å². The van der Waals surface area contributed by atoms with Crippen molar-refractivity contribution in [1.29, 1.82) is 0 Å². The van der Waals surface area contributed by atoms with Crippen molar-refractivity contribution in [1.82, 2.24) is 40.3 Å². The number of para-hydroxylation sites is 1. The highest BCUT2D eigenvalue weighted by Gasteiger charge is 2.22. The van der Waals surface area contributed by atoms with Crippen molar-refractivity contribution in [3.05, 3.63) is 71.8 Å². The van der Waals surface area contributed by atoms with Crippen molar-refractivity contribution >= 4 is 17.5 Å². The average Bonchev–Trinajstić information content (AvgIpc) is 3.44. The maximum Gasteiger partial charge on any atom is 0.247 e. The van der Waals surface area contributed by atoms with Crippen molar-refractivity contribution < 1.29 is 4.79 Å². The molecule has 4 rings (SSSR count). The molecule has 1 amide bonds. The Hall–Kier alpha value is -3.59. The first-order valence-electron chi connectivity index (χ1n) is 9.43. The molecule has 10 heteroatoms. The topological polar surface area (TPSA) is 103 Å². The summed E-state index contributed by atoms with van der Waals surface area (Å²) in [6.45, 7) is 2.12. The molecule has 0 aliphatic rings. The van der Waals surface area contributed by atoms with E-state index >= 15 is 0 Å². The second-order valence-corrected chi connectivity index (χ2v) is 6.97. The van der Waals surface area contributed by atoms with E-state index in [9.17, 15) is 4.79 Å². The summed E-state index contributed by atoms with van der Waals surface area (Å²) in [6.07, 6.45) is 2.12. The fourth-order valence-corrected chi connectivity index (χ4v) is 3.12. The molecular formula is C20H19ClN8O. The molecule has 0 aliphatic heterocycles. The number of halogens is 1. The average molecular weight is 423 g/mol. The van der Waals surface area contributed by atoms with E-state index < -0.39 is 6.04 Å². The number of carbonyl (C=O) groups is 1. The van der Waals surface area contributed by atoms with Gasteiger partial charge in [-0.05, 0) is 48.0 Å². The van der Waals surface area contributed by atoms with E-state index in [2.05, 4.69) is 30.9 Å². The van der Waals surface area contributed by atoms with Gasteiger partial charge in [0.15, 0.2) is 11.9 Å². The highest BCUT2D eigenvalue weighted by molar-refractivity contribution is 6.30. The normalized spacial score (nSPS) is 11.9. The zero-order chi connectivity index (χ0) is 20.9. The summed E-state index contributed by atoms with van der Waals surface area (Å²) in [5, 5.41) is 24.1. The maximum absolute atomic E-state index is 12.8. The van der Waals surface area contributed by atoms with Gasteiger partial charge in [0.25, 0.3) is 0 Å². The Morgan fingerprint density at radius 3 is 2.60 bits per heavy atom. The van der Waals surface area contributed by atoms with Gasteiger partial charge < -0.3 is 5.32 Å². The van der Waals surface area contributed by atoms with Crippen LogP contribution in [0.15, 0.2) is 60.9 Å². The van der Waals surface area contributed by atoms with Gasteiger partial charge in [-0.15, -0.1) is 20.4 Å². The highest BCUT2D eigenvalue weighted by Crippen LogP contribution is 2.18. The van der Waals surface area contributed by atoms with E-state index in [1.807, 2.05) is 41.8 Å². The second-order valence-electron chi connectivity index (χ2n) is 6.53. The van der Waals surface area contributed by atoms with Gasteiger partial charge in [-0.1, -0.05) is 36.7 Å². The van der Waals surface area contributed by atoms with Crippen LogP contribution in [-0.4, -0.2) is 40.9 Å². The summed E-state index contributed by atoms with van der Waals surface area (Å²) in [5.74, 6) is 0.833. The Labute approximate surface area is 177 Å². The number of hydrogen-bond donors (Lipinski definition) is 1. The molecule has 2 aromatic carbocycles. The van der Waals surface area contributed by atoms with Crippen LogP contribution in [0.5, 0.6) is 0 Å². The van der Waals surface area contributed by atoms with E-state index in [4.69, 9.17) is 11.6 Å². The molecule has 30 heavy (non-hydrogen) atoms. The smallest absolute Gasteiger partial charge is 0.247 e. The molecule has 0 fully saturated rings. The summed E-state index contributed by atoms with van der Waals surface area (Å²) in [7, 11) is 0.